The lowest BCUT2D eigenvalue weighted by Gasteiger charge is -2.19. The van der Waals surface area contributed by atoms with E-state index in [0.29, 0.717) is 17.0 Å². The maximum atomic E-state index is 13.6. The first-order valence-corrected chi connectivity index (χ1v) is 7.87. The highest BCUT2D eigenvalue weighted by molar-refractivity contribution is 6.00. The van der Waals surface area contributed by atoms with Crippen LogP contribution in [0, 0.1) is 11.6 Å². The van der Waals surface area contributed by atoms with E-state index in [1.165, 1.54) is 10.7 Å². The minimum Gasteiger partial charge on any atom is -0.347 e. The molecule has 0 spiro atoms. The van der Waals surface area contributed by atoms with Crippen LogP contribution in [0.4, 0.5) is 20.3 Å². The van der Waals surface area contributed by atoms with Gasteiger partial charge in [0, 0.05) is 23.9 Å². The minimum atomic E-state index is -0.616. The Hall–Kier alpha value is -3.23. The van der Waals surface area contributed by atoms with Crippen molar-refractivity contribution >= 4 is 23.1 Å². The molecule has 136 valence electrons. The van der Waals surface area contributed by atoms with Gasteiger partial charge in [0.05, 0.1) is 11.9 Å². The zero-order chi connectivity index (χ0) is 18.9. The van der Waals surface area contributed by atoms with Crippen molar-refractivity contribution in [2.75, 3.05) is 10.9 Å². The third kappa shape index (κ3) is 3.88. The van der Waals surface area contributed by atoms with E-state index in [2.05, 4.69) is 26.3 Å². The number of aromatic nitrogens is 3. The highest BCUT2D eigenvalue weighted by Crippen LogP contribution is 2.17. The molecule has 3 rings (SSSR count). The Bertz CT molecular complexity index is 964. The molecule has 9 heteroatoms. The molecule has 1 aromatic carbocycles. The summed E-state index contributed by atoms with van der Waals surface area (Å²) in [6.45, 7) is 5.61. The first-order chi connectivity index (χ1) is 12.2. The van der Waals surface area contributed by atoms with Crippen molar-refractivity contribution in [1.29, 1.82) is 0 Å². The van der Waals surface area contributed by atoms with Crippen LogP contribution in [0.2, 0.25) is 0 Å². The van der Waals surface area contributed by atoms with Gasteiger partial charge in [-0.1, -0.05) is 0 Å². The van der Waals surface area contributed by atoms with Gasteiger partial charge in [0.2, 0.25) is 0 Å². The SMILES string of the molecule is CC(C)(C)NC(=O)c1cnn2ccc(NNc3cc(F)ccc3F)nc12. The summed E-state index contributed by atoms with van der Waals surface area (Å²) in [5.41, 5.74) is 5.41. The average molecular weight is 360 g/mol. The van der Waals surface area contributed by atoms with Crippen molar-refractivity contribution in [1.82, 2.24) is 19.9 Å². The number of fused-ring (bicyclic) bond motifs is 1. The fraction of sp³-hybridized carbons (Fsp3) is 0.235. The van der Waals surface area contributed by atoms with E-state index >= 15 is 0 Å². The molecular formula is C17H18F2N6O. The summed E-state index contributed by atoms with van der Waals surface area (Å²) in [6.07, 6.45) is 3.02. The first-order valence-electron chi connectivity index (χ1n) is 7.87. The molecule has 0 saturated carbocycles. The summed E-state index contributed by atoms with van der Waals surface area (Å²) < 4.78 is 28.3. The molecule has 0 unspecified atom stereocenters. The molecule has 1 amide bonds. The lowest BCUT2D eigenvalue weighted by Crippen LogP contribution is -2.40. The van der Waals surface area contributed by atoms with E-state index in [-0.39, 0.29) is 11.6 Å². The average Bonchev–Trinajstić information content (AvgIpc) is 2.97. The summed E-state index contributed by atoms with van der Waals surface area (Å²) in [4.78, 5) is 16.7. The number of hydrogen-bond acceptors (Lipinski definition) is 5. The van der Waals surface area contributed by atoms with Crippen LogP contribution in [0.1, 0.15) is 31.1 Å². The molecule has 3 aromatic rings. The molecular weight excluding hydrogens is 342 g/mol. The van der Waals surface area contributed by atoms with E-state index in [1.807, 2.05) is 20.8 Å². The van der Waals surface area contributed by atoms with Crippen molar-refractivity contribution in [2.45, 2.75) is 26.3 Å². The molecule has 2 aromatic heterocycles. The molecule has 2 heterocycles. The molecule has 0 aliphatic heterocycles. The van der Waals surface area contributed by atoms with Gasteiger partial charge in [-0.3, -0.25) is 15.6 Å². The van der Waals surface area contributed by atoms with Crippen molar-refractivity contribution in [2.24, 2.45) is 0 Å². The third-order valence-corrected chi connectivity index (χ3v) is 3.36. The number of amides is 1. The van der Waals surface area contributed by atoms with Crippen LogP contribution < -0.4 is 16.2 Å². The van der Waals surface area contributed by atoms with Gasteiger partial charge in [-0.15, -0.1) is 0 Å². The van der Waals surface area contributed by atoms with Gasteiger partial charge >= 0.3 is 0 Å². The number of anilines is 2. The maximum Gasteiger partial charge on any atom is 0.257 e. The van der Waals surface area contributed by atoms with Gasteiger partial charge in [0.25, 0.3) is 5.91 Å². The zero-order valence-electron chi connectivity index (χ0n) is 14.5. The fourth-order valence-electron chi connectivity index (χ4n) is 2.23. The van der Waals surface area contributed by atoms with Crippen molar-refractivity contribution in [3.63, 3.8) is 0 Å². The van der Waals surface area contributed by atoms with Gasteiger partial charge in [-0.05, 0) is 32.9 Å². The molecule has 0 aliphatic carbocycles. The van der Waals surface area contributed by atoms with Crippen LogP contribution in [0.3, 0.4) is 0 Å². The number of nitrogens with zero attached hydrogens (tertiary/aromatic N) is 3. The van der Waals surface area contributed by atoms with Crippen LogP contribution in [-0.2, 0) is 0 Å². The quantitative estimate of drug-likeness (QED) is 0.623. The first kappa shape index (κ1) is 17.6. The van der Waals surface area contributed by atoms with E-state index in [9.17, 15) is 13.6 Å². The molecule has 0 saturated heterocycles. The monoisotopic (exact) mass is 360 g/mol. The van der Waals surface area contributed by atoms with Crippen molar-refractivity contribution < 1.29 is 13.6 Å². The largest absolute Gasteiger partial charge is 0.347 e. The number of hydrogen-bond donors (Lipinski definition) is 3. The van der Waals surface area contributed by atoms with E-state index < -0.39 is 17.2 Å². The Labute approximate surface area is 148 Å². The Kier molecular flexibility index (Phi) is 4.45. The molecule has 26 heavy (non-hydrogen) atoms. The van der Waals surface area contributed by atoms with Crippen LogP contribution >= 0.6 is 0 Å². The number of carbonyl (C=O) groups is 1. The van der Waals surface area contributed by atoms with E-state index in [4.69, 9.17) is 0 Å². The Morgan fingerprint density at radius 1 is 1.15 bits per heavy atom. The van der Waals surface area contributed by atoms with Crippen LogP contribution in [-0.4, -0.2) is 26.0 Å². The molecule has 0 bridgehead atoms. The molecule has 0 fully saturated rings. The molecule has 0 radical (unpaired) electrons. The topological polar surface area (TPSA) is 83.4 Å². The lowest BCUT2D eigenvalue weighted by atomic mass is 10.1. The minimum absolute atomic E-state index is 0.0640. The number of rotatable bonds is 4. The molecule has 3 N–H and O–H groups in total. The number of carbonyl (C=O) groups excluding carboxylic acids is 1. The summed E-state index contributed by atoms with van der Waals surface area (Å²) in [5, 5.41) is 6.94. The van der Waals surface area contributed by atoms with Gasteiger partial charge in [0.15, 0.2) is 5.65 Å². The fourth-order valence-corrected chi connectivity index (χ4v) is 2.23. The number of benzene rings is 1. The second-order valence-electron chi connectivity index (χ2n) is 6.72. The maximum absolute atomic E-state index is 13.6. The predicted molar refractivity (Wildman–Crippen MR) is 93.8 cm³/mol. The molecule has 0 atom stereocenters. The second kappa shape index (κ2) is 6.58. The summed E-state index contributed by atoms with van der Waals surface area (Å²) in [5.74, 6) is -1.18. The van der Waals surface area contributed by atoms with Gasteiger partial charge in [-0.2, -0.15) is 5.10 Å². The lowest BCUT2D eigenvalue weighted by molar-refractivity contribution is 0.0921. The number of hydrazine groups is 1. The van der Waals surface area contributed by atoms with Crippen LogP contribution in [0.5, 0.6) is 0 Å². The van der Waals surface area contributed by atoms with Crippen molar-refractivity contribution in [3.8, 4) is 0 Å². The highest BCUT2D eigenvalue weighted by Gasteiger charge is 2.19. The number of nitrogens with one attached hydrogen (secondary N) is 3. The van der Waals surface area contributed by atoms with Gasteiger partial charge in [0.1, 0.15) is 23.0 Å². The Balaban J connectivity index is 1.83. The predicted octanol–water partition coefficient (Wildman–Crippen LogP) is 2.97. The van der Waals surface area contributed by atoms with E-state index in [1.54, 1.807) is 12.3 Å². The standard InChI is InChI=1S/C17H18F2N6O/c1-17(2,3)22-16(26)11-9-20-25-7-6-14(21-15(11)25)24-23-13-8-10(18)4-5-12(13)19/h4-9,23H,1-3H3,(H,21,24)(H,22,26). The number of halogens is 2. The van der Waals surface area contributed by atoms with Crippen LogP contribution in [0.15, 0.2) is 36.7 Å². The van der Waals surface area contributed by atoms with Crippen LogP contribution in [0.25, 0.3) is 5.65 Å². The summed E-state index contributed by atoms with van der Waals surface area (Å²) in [7, 11) is 0. The molecule has 0 aliphatic rings. The van der Waals surface area contributed by atoms with Crippen molar-refractivity contribution in [3.05, 3.63) is 53.9 Å². The second-order valence-corrected chi connectivity index (χ2v) is 6.72. The zero-order valence-corrected chi connectivity index (χ0v) is 14.5. The highest BCUT2D eigenvalue weighted by atomic mass is 19.1. The summed E-state index contributed by atoms with van der Waals surface area (Å²) >= 11 is 0. The third-order valence-electron chi connectivity index (χ3n) is 3.36. The normalized spacial score (nSPS) is 11.4. The Morgan fingerprint density at radius 3 is 2.65 bits per heavy atom. The van der Waals surface area contributed by atoms with E-state index in [0.717, 1.165) is 18.2 Å². The molecule has 7 nitrogen and oxygen atoms in total. The smallest absolute Gasteiger partial charge is 0.257 e. The van der Waals surface area contributed by atoms with Gasteiger partial charge < -0.3 is 5.32 Å². The summed E-state index contributed by atoms with van der Waals surface area (Å²) in [6, 6.07) is 4.64. The Morgan fingerprint density at radius 2 is 1.92 bits per heavy atom. The van der Waals surface area contributed by atoms with Gasteiger partial charge in [-0.25, -0.2) is 18.3 Å².